The molecule has 0 aromatic heterocycles. The molecule has 1 aliphatic rings. The molecule has 0 aliphatic heterocycles. The average molecular weight is 190 g/mol. The van der Waals surface area contributed by atoms with Crippen LogP contribution in [0.3, 0.4) is 0 Å². The van der Waals surface area contributed by atoms with Crippen molar-refractivity contribution in [3.8, 4) is 0 Å². The Balaban J connectivity index is 2.32. The third-order valence-corrected chi connectivity index (χ3v) is 3.28. The first-order chi connectivity index (χ1) is 6.69. The Labute approximate surface area is 85.7 Å². The molecule has 0 radical (unpaired) electrons. The normalized spacial score (nSPS) is 18.6. The highest BCUT2D eigenvalue weighted by atomic mass is 15.2. The van der Waals surface area contributed by atoms with Crippen molar-refractivity contribution in [1.82, 2.24) is 4.90 Å². The van der Waals surface area contributed by atoms with E-state index < -0.39 is 0 Å². The molecule has 0 unspecified atom stereocenters. The first-order valence-corrected chi connectivity index (χ1v) is 5.16. The lowest BCUT2D eigenvalue weighted by Gasteiger charge is -2.24. The van der Waals surface area contributed by atoms with Crippen molar-refractivity contribution in [2.24, 2.45) is 5.73 Å². The van der Waals surface area contributed by atoms with Gasteiger partial charge in [-0.15, -0.1) is 0 Å². The summed E-state index contributed by atoms with van der Waals surface area (Å²) in [6, 6.07) is 8.66. The van der Waals surface area contributed by atoms with E-state index in [4.69, 9.17) is 5.73 Å². The van der Waals surface area contributed by atoms with Crippen LogP contribution >= 0.6 is 0 Å². The molecule has 14 heavy (non-hydrogen) atoms. The van der Waals surface area contributed by atoms with E-state index in [-0.39, 0.29) is 0 Å². The first kappa shape index (κ1) is 9.69. The average Bonchev–Trinajstić information content (AvgIpc) is 2.98. The predicted octanol–water partition coefficient (Wildman–Crippen LogP) is 1.70. The standard InChI is InChI=1S/C12H18N2/c1-14(2)12(6-7-12)11-5-3-4-10(8-11)9-13/h3-5,8H,6-7,9,13H2,1-2H3. The van der Waals surface area contributed by atoms with E-state index in [2.05, 4.69) is 43.3 Å². The van der Waals surface area contributed by atoms with E-state index in [0.717, 1.165) is 0 Å². The van der Waals surface area contributed by atoms with Gasteiger partial charge in [-0.25, -0.2) is 0 Å². The summed E-state index contributed by atoms with van der Waals surface area (Å²) in [5.74, 6) is 0. The lowest BCUT2D eigenvalue weighted by Crippen LogP contribution is -2.27. The minimum absolute atomic E-state index is 0.311. The van der Waals surface area contributed by atoms with Crippen LogP contribution in [-0.4, -0.2) is 19.0 Å². The van der Waals surface area contributed by atoms with Crippen LogP contribution in [0.15, 0.2) is 24.3 Å². The van der Waals surface area contributed by atoms with Crippen molar-refractivity contribution in [2.75, 3.05) is 14.1 Å². The van der Waals surface area contributed by atoms with E-state index in [1.54, 1.807) is 0 Å². The molecule has 1 aromatic carbocycles. The molecule has 0 spiro atoms. The van der Waals surface area contributed by atoms with Gasteiger partial charge in [-0.1, -0.05) is 24.3 Å². The third kappa shape index (κ3) is 1.45. The minimum atomic E-state index is 0.311. The van der Waals surface area contributed by atoms with Gasteiger partial charge >= 0.3 is 0 Å². The van der Waals surface area contributed by atoms with Crippen molar-refractivity contribution < 1.29 is 0 Å². The summed E-state index contributed by atoms with van der Waals surface area (Å²) in [5.41, 5.74) is 8.61. The molecule has 2 nitrogen and oxygen atoms in total. The zero-order valence-electron chi connectivity index (χ0n) is 8.96. The van der Waals surface area contributed by atoms with Gasteiger partial charge in [0.25, 0.3) is 0 Å². The van der Waals surface area contributed by atoms with Gasteiger partial charge in [0.05, 0.1) is 0 Å². The van der Waals surface area contributed by atoms with Gasteiger partial charge in [0.2, 0.25) is 0 Å². The van der Waals surface area contributed by atoms with Crippen LogP contribution in [-0.2, 0) is 12.1 Å². The molecule has 2 heteroatoms. The van der Waals surface area contributed by atoms with Gasteiger partial charge in [-0.2, -0.15) is 0 Å². The fourth-order valence-electron chi connectivity index (χ4n) is 2.10. The number of benzene rings is 1. The van der Waals surface area contributed by atoms with Gasteiger partial charge in [0.15, 0.2) is 0 Å². The Morgan fingerprint density at radius 2 is 2.07 bits per heavy atom. The van der Waals surface area contributed by atoms with Crippen LogP contribution in [0, 0.1) is 0 Å². The monoisotopic (exact) mass is 190 g/mol. The summed E-state index contributed by atoms with van der Waals surface area (Å²) >= 11 is 0. The smallest absolute Gasteiger partial charge is 0.0456 e. The van der Waals surface area contributed by atoms with Crippen LogP contribution in [0.1, 0.15) is 24.0 Å². The number of nitrogens with two attached hydrogens (primary N) is 1. The van der Waals surface area contributed by atoms with E-state index >= 15 is 0 Å². The molecule has 1 fully saturated rings. The number of nitrogens with zero attached hydrogens (tertiary/aromatic N) is 1. The Morgan fingerprint density at radius 1 is 1.36 bits per heavy atom. The second kappa shape index (κ2) is 3.37. The van der Waals surface area contributed by atoms with E-state index in [9.17, 15) is 0 Å². The molecule has 76 valence electrons. The SMILES string of the molecule is CN(C)C1(c2cccc(CN)c2)CC1. The van der Waals surface area contributed by atoms with Crippen molar-refractivity contribution >= 4 is 0 Å². The third-order valence-electron chi connectivity index (χ3n) is 3.28. The maximum absolute atomic E-state index is 5.64. The van der Waals surface area contributed by atoms with E-state index in [0.29, 0.717) is 12.1 Å². The molecule has 0 amide bonds. The summed E-state index contributed by atoms with van der Waals surface area (Å²) in [6.07, 6.45) is 2.54. The van der Waals surface area contributed by atoms with Crippen molar-refractivity contribution in [2.45, 2.75) is 24.9 Å². The Morgan fingerprint density at radius 3 is 2.57 bits per heavy atom. The Bertz CT molecular complexity index is 327. The van der Waals surface area contributed by atoms with E-state index in [1.165, 1.54) is 24.0 Å². The molecule has 0 atom stereocenters. The van der Waals surface area contributed by atoms with Crippen LogP contribution in [0.4, 0.5) is 0 Å². The molecular formula is C12H18N2. The predicted molar refractivity (Wildman–Crippen MR) is 58.9 cm³/mol. The molecular weight excluding hydrogens is 172 g/mol. The zero-order valence-corrected chi connectivity index (χ0v) is 8.96. The summed E-state index contributed by atoms with van der Waals surface area (Å²) in [7, 11) is 4.31. The lowest BCUT2D eigenvalue weighted by molar-refractivity contribution is 0.275. The van der Waals surface area contributed by atoms with Crippen molar-refractivity contribution in [3.63, 3.8) is 0 Å². The first-order valence-electron chi connectivity index (χ1n) is 5.16. The van der Waals surface area contributed by atoms with Crippen LogP contribution in [0.25, 0.3) is 0 Å². The molecule has 2 rings (SSSR count). The topological polar surface area (TPSA) is 29.3 Å². The minimum Gasteiger partial charge on any atom is -0.326 e. The highest BCUT2D eigenvalue weighted by Gasteiger charge is 2.46. The van der Waals surface area contributed by atoms with Crippen molar-refractivity contribution in [3.05, 3.63) is 35.4 Å². The van der Waals surface area contributed by atoms with Gasteiger partial charge in [0.1, 0.15) is 0 Å². The fraction of sp³-hybridized carbons (Fsp3) is 0.500. The molecule has 2 N–H and O–H groups in total. The zero-order chi connectivity index (χ0) is 10.2. The Hall–Kier alpha value is -0.860. The number of hydrogen-bond acceptors (Lipinski definition) is 2. The summed E-state index contributed by atoms with van der Waals surface area (Å²) in [6.45, 7) is 0.636. The van der Waals surface area contributed by atoms with Crippen LogP contribution < -0.4 is 5.73 Å². The molecule has 1 aliphatic carbocycles. The maximum Gasteiger partial charge on any atom is 0.0456 e. The molecule has 1 saturated carbocycles. The lowest BCUT2D eigenvalue weighted by atomic mass is 10.0. The van der Waals surface area contributed by atoms with Crippen molar-refractivity contribution in [1.29, 1.82) is 0 Å². The van der Waals surface area contributed by atoms with E-state index in [1.807, 2.05) is 0 Å². The molecule has 0 saturated heterocycles. The van der Waals surface area contributed by atoms with Crippen LogP contribution in [0.2, 0.25) is 0 Å². The molecule has 1 aromatic rings. The number of hydrogen-bond donors (Lipinski definition) is 1. The second-order valence-corrected chi connectivity index (χ2v) is 4.33. The van der Waals surface area contributed by atoms with Gasteiger partial charge in [-0.05, 0) is 38.1 Å². The maximum atomic E-state index is 5.64. The second-order valence-electron chi connectivity index (χ2n) is 4.33. The quantitative estimate of drug-likeness (QED) is 0.786. The summed E-state index contributed by atoms with van der Waals surface area (Å²) in [5, 5.41) is 0. The van der Waals surface area contributed by atoms with Gasteiger partial charge in [0, 0.05) is 12.1 Å². The molecule has 0 bridgehead atoms. The highest BCUT2D eigenvalue weighted by Crippen LogP contribution is 2.49. The summed E-state index contributed by atoms with van der Waals surface area (Å²) < 4.78 is 0. The number of rotatable bonds is 3. The summed E-state index contributed by atoms with van der Waals surface area (Å²) in [4.78, 5) is 2.32. The van der Waals surface area contributed by atoms with Gasteiger partial charge < -0.3 is 5.73 Å². The van der Waals surface area contributed by atoms with Gasteiger partial charge in [-0.3, -0.25) is 4.90 Å². The highest BCUT2D eigenvalue weighted by molar-refractivity contribution is 5.33. The molecule has 0 heterocycles. The fourth-order valence-corrected chi connectivity index (χ4v) is 2.10. The van der Waals surface area contributed by atoms with Crippen LogP contribution in [0.5, 0.6) is 0 Å². The largest absolute Gasteiger partial charge is 0.326 e. The Kier molecular flexibility index (Phi) is 2.33.